The van der Waals surface area contributed by atoms with Gasteiger partial charge in [-0.3, -0.25) is 0 Å². The summed E-state index contributed by atoms with van der Waals surface area (Å²) < 4.78 is 0. The van der Waals surface area contributed by atoms with Gasteiger partial charge in [0.2, 0.25) is 0 Å². The van der Waals surface area contributed by atoms with Gasteiger partial charge in [-0.25, -0.2) is 5.90 Å². The second-order valence-corrected chi connectivity index (χ2v) is 2.09. The van der Waals surface area contributed by atoms with Crippen LogP contribution in [0, 0.1) is 0 Å². The summed E-state index contributed by atoms with van der Waals surface area (Å²) in [7, 11) is 0. The summed E-state index contributed by atoms with van der Waals surface area (Å²) in [5, 5.41) is 0. The molecule has 0 aromatic heterocycles. The first-order valence-corrected chi connectivity index (χ1v) is 2.63. The van der Waals surface area contributed by atoms with Crippen LogP contribution in [-0.2, 0) is 4.84 Å². The Morgan fingerprint density at radius 3 is 1.89 bits per heavy atom. The van der Waals surface area contributed by atoms with Crippen molar-refractivity contribution in [3.8, 4) is 0 Å². The standard InChI is InChI=1S/C6H13NO.ClH/c1-5(2)6(3)4-8-7;/h4,7H2,1-3H3;1H. The largest absolute Gasteiger partial charge is 0.300 e. The first kappa shape index (κ1) is 11.7. The van der Waals surface area contributed by atoms with Gasteiger partial charge in [-0.2, -0.15) is 0 Å². The van der Waals surface area contributed by atoms with Crippen LogP contribution in [0.3, 0.4) is 0 Å². The van der Waals surface area contributed by atoms with Crippen LogP contribution in [-0.4, -0.2) is 6.61 Å². The monoisotopic (exact) mass is 151 g/mol. The Balaban J connectivity index is 0. The average molecular weight is 152 g/mol. The summed E-state index contributed by atoms with van der Waals surface area (Å²) >= 11 is 0. The van der Waals surface area contributed by atoms with Gasteiger partial charge in [0.1, 0.15) is 0 Å². The van der Waals surface area contributed by atoms with E-state index in [2.05, 4.69) is 4.84 Å². The first-order chi connectivity index (χ1) is 3.68. The number of nitrogens with two attached hydrogens (primary N) is 1. The summed E-state index contributed by atoms with van der Waals surface area (Å²) in [4.78, 5) is 4.41. The third-order valence-electron chi connectivity index (χ3n) is 1.15. The number of hydrogen-bond donors (Lipinski definition) is 1. The van der Waals surface area contributed by atoms with Gasteiger partial charge in [-0.05, 0) is 26.3 Å². The molecule has 2 N–H and O–H groups in total. The Labute approximate surface area is 62.4 Å². The number of hydrogen-bond acceptors (Lipinski definition) is 2. The van der Waals surface area contributed by atoms with E-state index in [9.17, 15) is 0 Å². The number of rotatable bonds is 2. The molecular weight excluding hydrogens is 138 g/mol. The Hall–Kier alpha value is -0.0500. The molecule has 3 heteroatoms. The maximum Gasteiger partial charge on any atom is 0.0889 e. The fourth-order valence-electron chi connectivity index (χ4n) is 0.269. The van der Waals surface area contributed by atoms with Crippen LogP contribution < -0.4 is 5.90 Å². The van der Waals surface area contributed by atoms with Gasteiger partial charge in [-0.1, -0.05) is 5.57 Å². The first-order valence-electron chi connectivity index (χ1n) is 2.63. The molecule has 0 radical (unpaired) electrons. The quantitative estimate of drug-likeness (QED) is 0.481. The van der Waals surface area contributed by atoms with Crippen LogP contribution in [0.1, 0.15) is 20.8 Å². The van der Waals surface area contributed by atoms with Crippen molar-refractivity contribution in [2.45, 2.75) is 20.8 Å². The smallest absolute Gasteiger partial charge is 0.0889 e. The van der Waals surface area contributed by atoms with Crippen LogP contribution in [0.15, 0.2) is 11.1 Å². The zero-order valence-electron chi connectivity index (χ0n) is 6.10. The van der Waals surface area contributed by atoms with Gasteiger partial charge in [-0.15, -0.1) is 12.4 Å². The number of halogens is 1. The normalized spacial score (nSPS) is 8.00. The molecule has 0 aromatic rings. The molecule has 0 aliphatic rings. The van der Waals surface area contributed by atoms with E-state index < -0.39 is 0 Å². The second-order valence-electron chi connectivity index (χ2n) is 2.09. The van der Waals surface area contributed by atoms with E-state index in [1.165, 1.54) is 11.1 Å². The Kier molecular flexibility index (Phi) is 7.91. The highest BCUT2D eigenvalue weighted by molar-refractivity contribution is 5.85. The lowest BCUT2D eigenvalue weighted by Gasteiger charge is -1.98. The maximum atomic E-state index is 4.83. The lowest BCUT2D eigenvalue weighted by molar-refractivity contribution is 0.160. The molecule has 0 heterocycles. The SMILES string of the molecule is CC(C)=C(C)CON.Cl. The molecule has 0 amide bonds. The third kappa shape index (κ3) is 5.83. The molecule has 0 aliphatic carbocycles. The van der Waals surface area contributed by atoms with Crippen LogP contribution in [0.5, 0.6) is 0 Å². The minimum Gasteiger partial charge on any atom is -0.300 e. The fraction of sp³-hybridized carbons (Fsp3) is 0.667. The molecule has 0 rings (SSSR count). The lowest BCUT2D eigenvalue weighted by atomic mass is 10.2. The summed E-state index contributed by atoms with van der Waals surface area (Å²) in [6.07, 6.45) is 0. The third-order valence-corrected chi connectivity index (χ3v) is 1.15. The van der Waals surface area contributed by atoms with Crippen molar-refractivity contribution in [3.63, 3.8) is 0 Å². The zero-order valence-corrected chi connectivity index (χ0v) is 6.92. The summed E-state index contributed by atoms with van der Waals surface area (Å²) in [5.41, 5.74) is 2.47. The van der Waals surface area contributed by atoms with Crippen LogP contribution >= 0.6 is 12.4 Å². The van der Waals surface area contributed by atoms with E-state index >= 15 is 0 Å². The van der Waals surface area contributed by atoms with Crippen molar-refractivity contribution in [2.24, 2.45) is 5.90 Å². The fourth-order valence-corrected chi connectivity index (χ4v) is 0.269. The average Bonchev–Trinajstić information content (AvgIpc) is 1.67. The van der Waals surface area contributed by atoms with Gasteiger partial charge in [0.25, 0.3) is 0 Å². The molecule has 0 bridgehead atoms. The van der Waals surface area contributed by atoms with E-state index in [-0.39, 0.29) is 12.4 Å². The lowest BCUT2D eigenvalue weighted by Crippen LogP contribution is -2.02. The Morgan fingerprint density at radius 2 is 1.78 bits per heavy atom. The van der Waals surface area contributed by atoms with Crippen molar-refractivity contribution in [2.75, 3.05) is 6.61 Å². The van der Waals surface area contributed by atoms with Gasteiger partial charge in [0.15, 0.2) is 0 Å². The second kappa shape index (κ2) is 6.08. The molecule has 9 heavy (non-hydrogen) atoms. The molecule has 0 saturated heterocycles. The zero-order chi connectivity index (χ0) is 6.57. The van der Waals surface area contributed by atoms with E-state index in [0.717, 1.165) is 0 Å². The highest BCUT2D eigenvalue weighted by Gasteiger charge is 1.87. The molecule has 0 aromatic carbocycles. The van der Waals surface area contributed by atoms with Crippen molar-refractivity contribution in [1.29, 1.82) is 0 Å². The molecule has 0 unspecified atom stereocenters. The summed E-state index contributed by atoms with van der Waals surface area (Å²) in [6, 6.07) is 0. The molecule has 0 fully saturated rings. The summed E-state index contributed by atoms with van der Waals surface area (Å²) in [5.74, 6) is 4.83. The Morgan fingerprint density at radius 1 is 1.33 bits per heavy atom. The van der Waals surface area contributed by atoms with Crippen LogP contribution in [0.4, 0.5) is 0 Å². The van der Waals surface area contributed by atoms with Crippen molar-refractivity contribution in [1.82, 2.24) is 0 Å². The minimum absolute atomic E-state index is 0. The summed E-state index contributed by atoms with van der Waals surface area (Å²) in [6.45, 7) is 6.62. The van der Waals surface area contributed by atoms with Crippen molar-refractivity contribution in [3.05, 3.63) is 11.1 Å². The van der Waals surface area contributed by atoms with Crippen molar-refractivity contribution < 1.29 is 4.84 Å². The molecule has 2 nitrogen and oxygen atoms in total. The minimum atomic E-state index is 0. The Bertz CT molecular complexity index is 97.2. The van der Waals surface area contributed by atoms with Gasteiger partial charge in [0.05, 0.1) is 6.61 Å². The van der Waals surface area contributed by atoms with E-state index in [1.807, 2.05) is 20.8 Å². The maximum absolute atomic E-state index is 4.83. The van der Waals surface area contributed by atoms with Gasteiger partial charge in [0, 0.05) is 0 Å². The van der Waals surface area contributed by atoms with Crippen molar-refractivity contribution >= 4 is 12.4 Å². The molecule has 56 valence electrons. The predicted molar refractivity (Wildman–Crippen MR) is 41.4 cm³/mol. The van der Waals surface area contributed by atoms with E-state index in [4.69, 9.17) is 5.90 Å². The molecule has 0 atom stereocenters. The molecule has 0 aliphatic heterocycles. The van der Waals surface area contributed by atoms with E-state index in [1.54, 1.807) is 0 Å². The van der Waals surface area contributed by atoms with Gasteiger partial charge < -0.3 is 4.84 Å². The van der Waals surface area contributed by atoms with E-state index in [0.29, 0.717) is 6.61 Å². The highest BCUT2D eigenvalue weighted by atomic mass is 35.5. The van der Waals surface area contributed by atoms with Crippen LogP contribution in [0.2, 0.25) is 0 Å². The number of allylic oxidation sites excluding steroid dienone is 1. The molecular formula is C6H14ClNO. The molecule has 0 saturated carbocycles. The topological polar surface area (TPSA) is 35.2 Å². The van der Waals surface area contributed by atoms with Gasteiger partial charge >= 0.3 is 0 Å². The molecule has 0 spiro atoms. The predicted octanol–water partition coefficient (Wildman–Crippen LogP) is 1.65. The highest BCUT2D eigenvalue weighted by Crippen LogP contribution is 1.99. The van der Waals surface area contributed by atoms with Crippen LogP contribution in [0.25, 0.3) is 0 Å².